The number of aromatic nitrogens is 1. The van der Waals surface area contributed by atoms with Crippen molar-refractivity contribution < 1.29 is 9.53 Å². The van der Waals surface area contributed by atoms with Gasteiger partial charge in [0.1, 0.15) is 5.75 Å². The maximum absolute atomic E-state index is 12.3. The van der Waals surface area contributed by atoms with E-state index in [0.29, 0.717) is 10.6 Å². The Kier molecular flexibility index (Phi) is 4.81. The predicted molar refractivity (Wildman–Crippen MR) is 82.9 cm³/mol. The number of nitrogens with zero attached hydrogens (tertiary/aromatic N) is 1. The lowest BCUT2D eigenvalue weighted by Gasteiger charge is -2.18. The number of aryl methyl sites for hydroxylation is 1. The highest BCUT2D eigenvalue weighted by Crippen LogP contribution is 2.26. The van der Waals surface area contributed by atoms with Gasteiger partial charge in [0.2, 0.25) is 0 Å². The van der Waals surface area contributed by atoms with Crippen LogP contribution in [0.25, 0.3) is 0 Å². The Morgan fingerprint density at radius 2 is 2.14 bits per heavy atom. The molecular formula is C16H17ClN2O2. The largest absolute Gasteiger partial charge is 0.496 e. The van der Waals surface area contributed by atoms with E-state index in [1.807, 2.05) is 32.0 Å². The average molecular weight is 305 g/mol. The van der Waals surface area contributed by atoms with E-state index in [4.69, 9.17) is 16.3 Å². The quantitative estimate of drug-likeness (QED) is 0.940. The van der Waals surface area contributed by atoms with Crippen molar-refractivity contribution in [1.82, 2.24) is 10.3 Å². The molecule has 1 heterocycles. The fourth-order valence-corrected chi connectivity index (χ4v) is 2.31. The van der Waals surface area contributed by atoms with Crippen LogP contribution >= 0.6 is 11.6 Å². The number of hydrogen-bond donors (Lipinski definition) is 1. The highest BCUT2D eigenvalue weighted by atomic mass is 35.5. The van der Waals surface area contributed by atoms with Gasteiger partial charge in [-0.1, -0.05) is 29.3 Å². The van der Waals surface area contributed by atoms with E-state index in [2.05, 4.69) is 10.3 Å². The third kappa shape index (κ3) is 3.52. The number of nitrogens with one attached hydrogen (secondary N) is 1. The molecule has 0 saturated heterocycles. The van der Waals surface area contributed by atoms with Crippen LogP contribution in [0.15, 0.2) is 36.7 Å². The van der Waals surface area contributed by atoms with Crippen LogP contribution in [0.5, 0.6) is 5.75 Å². The lowest BCUT2D eigenvalue weighted by Crippen LogP contribution is -2.27. The Morgan fingerprint density at radius 1 is 1.38 bits per heavy atom. The number of halogens is 1. The monoisotopic (exact) mass is 304 g/mol. The third-order valence-electron chi connectivity index (χ3n) is 3.22. The first kappa shape index (κ1) is 15.3. The van der Waals surface area contributed by atoms with Gasteiger partial charge < -0.3 is 10.1 Å². The van der Waals surface area contributed by atoms with Gasteiger partial charge in [0.15, 0.2) is 0 Å². The van der Waals surface area contributed by atoms with Crippen LogP contribution in [-0.4, -0.2) is 18.0 Å². The Morgan fingerprint density at radius 3 is 2.81 bits per heavy atom. The summed E-state index contributed by atoms with van der Waals surface area (Å²) >= 11 is 5.98. The molecule has 0 spiro atoms. The van der Waals surface area contributed by atoms with Crippen LogP contribution < -0.4 is 10.1 Å². The van der Waals surface area contributed by atoms with Crippen molar-refractivity contribution in [1.29, 1.82) is 0 Å². The molecule has 1 N–H and O–H groups in total. The van der Waals surface area contributed by atoms with Gasteiger partial charge in [-0.05, 0) is 26.0 Å². The van der Waals surface area contributed by atoms with E-state index >= 15 is 0 Å². The van der Waals surface area contributed by atoms with Crippen molar-refractivity contribution in [3.8, 4) is 5.75 Å². The van der Waals surface area contributed by atoms with E-state index in [1.54, 1.807) is 19.4 Å². The molecular weight excluding hydrogens is 288 g/mol. The Hall–Kier alpha value is -2.07. The maximum atomic E-state index is 12.3. The van der Waals surface area contributed by atoms with Gasteiger partial charge in [-0.15, -0.1) is 0 Å². The lowest BCUT2D eigenvalue weighted by atomic mass is 10.0. The molecule has 2 rings (SSSR count). The van der Waals surface area contributed by atoms with Gasteiger partial charge in [0.05, 0.1) is 23.7 Å². The van der Waals surface area contributed by atoms with Gasteiger partial charge in [0.25, 0.3) is 5.91 Å². The summed E-state index contributed by atoms with van der Waals surface area (Å²) in [5.41, 5.74) is 2.44. The number of rotatable bonds is 4. The summed E-state index contributed by atoms with van der Waals surface area (Å²) in [4.78, 5) is 16.1. The first-order valence-corrected chi connectivity index (χ1v) is 6.95. The van der Waals surface area contributed by atoms with E-state index in [1.165, 1.54) is 6.20 Å². The second kappa shape index (κ2) is 6.59. The van der Waals surface area contributed by atoms with E-state index in [0.717, 1.165) is 16.9 Å². The SMILES string of the molecule is COc1ccc(C)cc1C(C)NC(=O)c1ccncc1Cl. The smallest absolute Gasteiger partial charge is 0.253 e. The second-order valence-corrected chi connectivity index (χ2v) is 5.20. The number of pyridine rings is 1. The number of hydrogen-bond acceptors (Lipinski definition) is 3. The number of benzene rings is 1. The minimum Gasteiger partial charge on any atom is -0.496 e. The van der Waals surface area contributed by atoms with Crippen LogP contribution in [0.1, 0.15) is 34.5 Å². The van der Waals surface area contributed by atoms with Crippen molar-refractivity contribution in [2.45, 2.75) is 19.9 Å². The zero-order valence-corrected chi connectivity index (χ0v) is 12.9. The van der Waals surface area contributed by atoms with Gasteiger partial charge in [-0.2, -0.15) is 0 Å². The topological polar surface area (TPSA) is 51.2 Å². The van der Waals surface area contributed by atoms with Gasteiger partial charge in [-0.25, -0.2) is 0 Å². The fourth-order valence-electron chi connectivity index (χ4n) is 2.10. The molecule has 0 fully saturated rings. The Balaban J connectivity index is 2.22. The first-order chi connectivity index (χ1) is 10.0. The summed E-state index contributed by atoms with van der Waals surface area (Å²) < 4.78 is 5.35. The van der Waals surface area contributed by atoms with Crippen LogP contribution in [-0.2, 0) is 0 Å². The highest BCUT2D eigenvalue weighted by Gasteiger charge is 2.17. The predicted octanol–water partition coefficient (Wildman–Crippen LogP) is 3.54. The summed E-state index contributed by atoms with van der Waals surface area (Å²) in [6.45, 7) is 3.90. The molecule has 5 heteroatoms. The molecule has 110 valence electrons. The molecule has 1 unspecified atom stereocenters. The third-order valence-corrected chi connectivity index (χ3v) is 3.52. The Bertz CT molecular complexity index is 658. The number of amides is 1. The van der Waals surface area contributed by atoms with Gasteiger partial charge in [0, 0.05) is 18.0 Å². The van der Waals surface area contributed by atoms with Crippen LogP contribution in [0.3, 0.4) is 0 Å². The van der Waals surface area contributed by atoms with Crippen molar-refractivity contribution in [2.24, 2.45) is 0 Å². The molecule has 21 heavy (non-hydrogen) atoms. The molecule has 1 amide bonds. The summed E-state index contributed by atoms with van der Waals surface area (Å²) in [7, 11) is 1.61. The van der Waals surface area contributed by atoms with Crippen LogP contribution in [0.2, 0.25) is 5.02 Å². The first-order valence-electron chi connectivity index (χ1n) is 6.58. The van der Waals surface area contributed by atoms with Crippen LogP contribution in [0, 0.1) is 6.92 Å². The number of carbonyl (C=O) groups excluding carboxylic acids is 1. The summed E-state index contributed by atoms with van der Waals surface area (Å²) in [5, 5.41) is 3.26. The normalized spacial score (nSPS) is 11.8. The molecule has 1 atom stereocenters. The maximum Gasteiger partial charge on any atom is 0.253 e. The molecule has 0 radical (unpaired) electrons. The van der Waals surface area contributed by atoms with E-state index < -0.39 is 0 Å². The number of methoxy groups -OCH3 is 1. The molecule has 0 aliphatic carbocycles. The fraction of sp³-hybridized carbons (Fsp3) is 0.250. The zero-order chi connectivity index (χ0) is 15.4. The average Bonchev–Trinajstić information content (AvgIpc) is 2.47. The van der Waals surface area contributed by atoms with E-state index in [-0.39, 0.29) is 11.9 Å². The minimum atomic E-state index is -0.238. The number of ether oxygens (including phenoxy) is 1. The van der Waals surface area contributed by atoms with Gasteiger partial charge in [-0.3, -0.25) is 9.78 Å². The Labute approximate surface area is 129 Å². The second-order valence-electron chi connectivity index (χ2n) is 4.80. The van der Waals surface area contributed by atoms with Crippen molar-refractivity contribution >= 4 is 17.5 Å². The van der Waals surface area contributed by atoms with Gasteiger partial charge >= 0.3 is 0 Å². The standard InChI is InChI=1S/C16H17ClN2O2/c1-10-4-5-15(21-3)13(8-10)11(2)19-16(20)12-6-7-18-9-14(12)17/h4-9,11H,1-3H3,(H,19,20). The van der Waals surface area contributed by atoms with Crippen molar-refractivity contribution in [2.75, 3.05) is 7.11 Å². The molecule has 0 bridgehead atoms. The highest BCUT2D eigenvalue weighted by molar-refractivity contribution is 6.33. The van der Waals surface area contributed by atoms with Crippen LogP contribution in [0.4, 0.5) is 0 Å². The molecule has 4 nitrogen and oxygen atoms in total. The van der Waals surface area contributed by atoms with E-state index in [9.17, 15) is 4.79 Å². The zero-order valence-electron chi connectivity index (χ0n) is 12.2. The molecule has 2 aromatic rings. The molecule has 0 aliphatic rings. The molecule has 1 aromatic carbocycles. The van der Waals surface area contributed by atoms with Crippen molar-refractivity contribution in [3.05, 3.63) is 58.4 Å². The lowest BCUT2D eigenvalue weighted by molar-refractivity contribution is 0.0939. The molecule has 1 aromatic heterocycles. The summed E-state index contributed by atoms with van der Waals surface area (Å²) in [6.07, 6.45) is 2.99. The summed E-state index contributed by atoms with van der Waals surface area (Å²) in [5.74, 6) is 0.507. The number of carbonyl (C=O) groups is 1. The molecule has 0 saturated carbocycles. The summed E-state index contributed by atoms with van der Waals surface area (Å²) in [6, 6.07) is 7.26. The minimum absolute atomic E-state index is 0.198. The molecule has 0 aliphatic heterocycles. The van der Waals surface area contributed by atoms with Crippen molar-refractivity contribution in [3.63, 3.8) is 0 Å².